The number of hydrogen-bond acceptors (Lipinski definition) is 4. The van der Waals surface area contributed by atoms with Crippen molar-refractivity contribution in [3.8, 4) is 0 Å². The average Bonchev–Trinajstić information content (AvgIpc) is 2.70. The number of hydrogen-bond donors (Lipinski definition) is 0. The molecule has 0 N–H and O–H groups in total. The molecule has 0 aromatic rings. The number of rotatable bonds is 17. The van der Waals surface area contributed by atoms with E-state index in [1.807, 2.05) is 0 Å². The van der Waals surface area contributed by atoms with Crippen LogP contribution in [0.15, 0.2) is 0 Å². The molecular weight excluding hydrogens is 371 g/mol. The summed E-state index contributed by atoms with van der Waals surface area (Å²) in [5.74, 6) is -1.38. The number of esters is 1. The Balaban J connectivity index is 0. The fourth-order valence-electron chi connectivity index (χ4n) is 3.29. The van der Waals surface area contributed by atoms with E-state index in [1.165, 1.54) is 58.5 Å². The van der Waals surface area contributed by atoms with Crippen molar-refractivity contribution in [2.24, 2.45) is 0 Å². The topological polar surface area (TPSA) is 66.4 Å². The second-order valence-electron chi connectivity index (χ2n) is 7.81. The maximum Gasteiger partial charge on any atom is 0.305 e. The fraction of sp³-hybridized carbons (Fsp3) is 0.913. The summed E-state index contributed by atoms with van der Waals surface area (Å²) in [5.41, 5.74) is 0. The Bertz CT molecular complexity index is 334. The zero-order chi connectivity index (χ0) is 21.7. The minimum atomic E-state index is -1.07. The van der Waals surface area contributed by atoms with Gasteiger partial charge in [-0.2, -0.15) is 0 Å². The van der Waals surface area contributed by atoms with Crippen molar-refractivity contribution in [3.05, 3.63) is 0 Å². The summed E-state index contributed by atoms with van der Waals surface area (Å²) in [5, 5.41) is 9.89. The quantitative estimate of drug-likeness (QED) is 0.173. The van der Waals surface area contributed by atoms with Crippen molar-refractivity contribution in [2.75, 3.05) is 31.8 Å². The number of carbonyl (C=O) groups excluding carboxylic acids is 2. The summed E-state index contributed by atoms with van der Waals surface area (Å²) < 4.78 is 4.36. The molecule has 0 aromatic carbocycles. The summed E-state index contributed by atoms with van der Waals surface area (Å²) in [6, 6.07) is 0. The van der Waals surface area contributed by atoms with Gasteiger partial charge in [0.05, 0.1) is 31.8 Å². The number of methoxy groups -OCH3 is 1. The summed E-state index contributed by atoms with van der Waals surface area (Å²) in [4.78, 5) is 20.4. The van der Waals surface area contributed by atoms with E-state index in [9.17, 15) is 14.7 Å². The zero-order valence-electron chi connectivity index (χ0n) is 19.4. The number of carbonyl (C=O) groups is 2. The largest absolute Gasteiger partial charge is 0.550 e. The Kier molecular flexibility index (Phi) is 22.3. The predicted molar refractivity (Wildman–Crippen MR) is 122 cm³/mol. The van der Waals surface area contributed by atoms with Crippen LogP contribution >= 0.6 is 7.26 Å². The third kappa shape index (κ3) is 18.7. The Hall–Kier alpha value is -0.630. The van der Waals surface area contributed by atoms with E-state index < -0.39 is 13.2 Å². The maximum absolute atomic E-state index is 10.5. The summed E-state index contributed by atoms with van der Waals surface area (Å²) in [6.07, 6.45) is 19.3. The van der Waals surface area contributed by atoms with Crippen LogP contribution in [-0.4, -0.2) is 43.7 Å². The number of ether oxygens (including phenoxy) is 1. The van der Waals surface area contributed by atoms with Crippen molar-refractivity contribution in [1.29, 1.82) is 0 Å². The molecule has 0 aromatic heterocycles. The molecule has 4 nitrogen and oxygen atoms in total. The number of unbranched alkanes of at least 4 members (excludes halogenated alkanes) is 5. The Morgan fingerprint density at radius 2 is 1.04 bits per heavy atom. The van der Waals surface area contributed by atoms with E-state index in [0.29, 0.717) is 12.8 Å². The lowest BCUT2D eigenvalue weighted by Crippen LogP contribution is -2.21. The van der Waals surface area contributed by atoms with Crippen LogP contribution in [0.4, 0.5) is 0 Å². The van der Waals surface area contributed by atoms with Crippen molar-refractivity contribution in [1.82, 2.24) is 0 Å². The van der Waals surface area contributed by atoms with Crippen LogP contribution in [0.1, 0.15) is 105 Å². The van der Waals surface area contributed by atoms with Gasteiger partial charge in [-0.15, -0.1) is 0 Å². The van der Waals surface area contributed by atoms with Gasteiger partial charge in [-0.3, -0.25) is 4.79 Å². The molecule has 0 saturated heterocycles. The summed E-state index contributed by atoms with van der Waals surface area (Å²) in [6.45, 7) is 9.42. The van der Waals surface area contributed by atoms with E-state index in [4.69, 9.17) is 0 Å². The zero-order valence-corrected chi connectivity index (χ0v) is 20.3. The third-order valence-corrected chi connectivity index (χ3v) is 10.2. The SMILES string of the molecule is CCCC[P+](CCCC)(CCCC)CCCC.COC(=O)CCCCC(=O)[O-]. The molecule has 0 unspecified atom stereocenters. The summed E-state index contributed by atoms with van der Waals surface area (Å²) >= 11 is 0. The molecular formula is C23H47O4P. The molecule has 0 bridgehead atoms. The molecule has 0 radical (unpaired) electrons. The first-order valence-corrected chi connectivity index (χ1v) is 14.1. The molecule has 0 atom stereocenters. The minimum Gasteiger partial charge on any atom is -0.550 e. The van der Waals surface area contributed by atoms with E-state index >= 15 is 0 Å². The lowest BCUT2D eigenvalue weighted by Gasteiger charge is -2.28. The van der Waals surface area contributed by atoms with Crippen LogP contribution in [0.3, 0.4) is 0 Å². The third-order valence-electron chi connectivity index (χ3n) is 5.18. The lowest BCUT2D eigenvalue weighted by molar-refractivity contribution is -0.305. The molecule has 0 rings (SSSR count). The molecule has 0 heterocycles. The monoisotopic (exact) mass is 418 g/mol. The maximum atomic E-state index is 10.5. The molecule has 0 amide bonds. The van der Waals surface area contributed by atoms with Crippen molar-refractivity contribution in [2.45, 2.75) is 105 Å². The van der Waals surface area contributed by atoms with Gasteiger partial charge in [0.2, 0.25) is 0 Å². The van der Waals surface area contributed by atoms with Gasteiger partial charge >= 0.3 is 5.97 Å². The van der Waals surface area contributed by atoms with Gasteiger partial charge in [0.15, 0.2) is 0 Å². The molecule has 0 saturated carbocycles. The Labute approximate surface area is 175 Å². The molecule has 0 aliphatic rings. The van der Waals surface area contributed by atoms with Gasteiger partial charge in [0.25, 0.3) is 0 Å². The van der Waals surface area contributed by atoms with Gasteiger partial charge in [0, 0.05) is 19.7 Å². The highest BCUT2D eigenvalue weighted by Gasteiger charge is 2.34. The second kappa shape index (κ2) is 21.1. The van der Waals surface area contributed by atoms with E-state index in [2.05, 4.69) is 32.4 Å². The van der Waals surface area contributed by atoms with Crippen LogP contribution in [0.25, 0.3) is 0 Å². The first-order chi connectivity index (χ1) is 13.4. The van der Waals surface area contributed by atoms with Crippen molar-refractivity contribution >= 4 is 19.2 Å². The van der Waals surface area contributed by atoms with Crippen LogP contribution in [0.5, 0.6) is 0 Å². The van der Waals surface area contributed by atoms with Gasteiger partial charge in [-0.1, -0.05) is 53.4 Å². The van der Waals surface area contributed by atoms with Crippen LogP contribution < -0.4 is 5.11 Å². The highest BCUT2D eigenvalue weighted by atomic mass is 31.2. The molecule has 28 heavy (non-hydrogen) atoms. The molecule has 168 valence electrons. The standard InChI is InChI=1S/C16H36P.C7H12O4/c1-5-9-13-17(14-10-6-2,15-11-7-3)16-12-8-4;1-11-7(10)5-3-2-4-6(8)9/h5-16H2,1-4H3;2-5H2,1H3,(H,8,9)/q+1;/p-1. The fourth-order valence-corrected chi connectivity index (χ4v) is 8.58. The van der Waals surface area contributed by atoms with Gasteiger partial charge in [-0.05, 0) is 44.9 Å². The lowest BCUT2D eigenvalue weighted by atomic mass is 10.2. The van der Waals surface area contributed by atoms with Gasteiger partial charge < -0.3 is 14.6 Å². The van der Waals surface area contributed by atoms with Gasteiger partial charge in [-0.25, -0.2) is 0 Å². The number of aliphatic carboxylic acids is 1. The Morgan fingerprint density at radius 1 is 0.679 bits per heavy atom. The van der Waals surface area contributed by atoms with E-state index in [-0.39, 0.29) is 18.8 Å². The molecule has 0 fully saturated rings. The van der Waals surface area contributed by atoms with Crippen LogP contribution in [0, 0.1) is 0 Å². The van der Waals surface area contributed by atoms with Crippen LogP contribution in [0.2, 0.25) is 0 Å². The smallest absolute Gasteiger partial charge is 0.305 e. The second-order valence-corrected chi connectivity index (χ2v) is 12.3. The van der Waals surface area contributed by atoms with Crippen molar-refractivity contribution in [3.63, 3.8) is 0 Å². The number of carboxylic acid groups (broad SMARTS) is 1. The highest BCUT2D eigenvalue weighted by molar-refractivity contribution is 7.75. The van der Waals surface area contributed by atoms with E-state index in [1.54, 1.807) is 24.6 Å². The molecule has 5 heteroatoms. The average molecular weight is 419 g/mol. The minimum absolute atomic E-state index is 0.0109. The molecule has 0 spiro atoms. The molecule has 0 aliphatic carbocycles. The predicted octanol–water partition coefficient (Wildman–Crippen LogP) is 5.67. The normalized spacial score (nSPS) is 10.9. The van der Waals surface area contributed by atoms with Crippen LogP contribution in [-0.2, 0) is 14.3 Å². The van der Waals surface area contributed by atoms with Gasteiger partial charge in [0.1, 0.15) is 0 Å². The highest BCUT2D eigenvalue weighted by Crippen LogP contribution is 2.61. The number of carboxylic acids is 1. The van der Waals surface area contributed by atoms with E-state index in [0.717, 1.165) is 0 Å². The summed E-state index contributed by atoms with van der Waals surface area (Å²) in [7, 11) is 0.744. The Morgan fingerprint density at radius 3 is 1.32 bits per heavy atom. The first-order valence-electron chi connectivity index (χ1n) is 11.5. The van der Waals surface area contributed by atoms with Crippen molar-refractivity contribution < 1.29 is 19.4 Å². The molecule has 0 aliphatic heterocycles. The first kappa shape index (κ1) is 29.6.